The maximum atomic E-state index is 10.6. The second kappa shape index (κ2) is 6.56. The molecule has 2 unspecified atom stereocenters. The zero-order chi connectivity index (χ0) is 12.8. The molecule has 1 N–H and O–H groups in total. The highest BCUT2D eigenvalue weighted by Gasteiger charge is 2.25. The summed E-state index contributed by atoms with van der Waals surface area (Å²) < 4.78 is 27.2. The summed E-state index contributed by atoms with van der Waals surface area (Å²) in [4.78, 5) is 0. The van der Waals surface area contributed by atoms with E-state index in [0.29, 0.717) is 12.3 Å². The monoisotopic (exact) mass is 267 g/mol. The van der Waals surface area contributed by atoms with Crippen molar-refractivity contribution in [3.05, 3.63) is 30.3 Å². The van der Waals surface area contributed by atoms with Crippen molar-refractivity contribution < 1.29 is 13.2 Å². The highest BCUT2D eigenvalue weighted by Crippen LogP contribution is 2.21. The number of hydrogen-bond acceptors (Lipinski definition) is 4. The smallest absolute Gasteiger partial charge is 0.210 e. The second-order valence-corrected chi connectivity index (χ2v) is 5.24. The van der Waals surface area contributed by atoms with Crippen molar-refractivity contribution in [3.8, 4) is 5.75 Å². The van der Waals surface area contributed by atoms with Gasteiger partial charge in [-0.3, -0.25) is 0 Å². The molecule has 1 aromatic rings. The molecular formula is C13H17NO3S. The molecule has 0 aromatic heterocycles. The second-order valence-electron chi connectivity index (χ2n) is 4.39. The minimum Gasteiger partial charge on any atom is -0.490 e. The largest absolute Gasteiger partial charge is 0.490 e. The van der Waals surface area contributed by atoms with Gasteiger partial charge in [-0.2, -0.15) is 8.42 Å². The Hall–Kier alpha value is -1.33. The highest BCUT2D eigenvalue weighted by atomic mass is 32.2. The number of para-hydroxylation sites is 1. The van der Waals surface area contributed by atoms with Gasteiger partial charge in [0.1, 0.15) is 11.9 Å². The normalized spacial score (nSPS) is 20.3. The van der Waals surface area contributed by atoms with E-state index >= 15 is 0 Å². The third kappa shape index (κ3) is 3.85. The first-order valence-corrected chi connectivity index (χ1v) is 7.23. The van der Waals surface area contributed by atoms with Gasteiger partial charge < -0.3 is 10.1 Å². The van der Waals surface area contributed by atoms with Crippen LogP contribution in [0.5, 0.6) is 5.75 Å². The van der Waals surface area contributed by atoms with Crippen LogP contribution in [0.1, 0.15) is 12.8 Å². The lowest BCUT2D eigenvalue weighted by atomic mass is 9.99. The first-order chi connectivity index (χ1) is 8.75. The predicted molar refractivity (Wildman–Crippen MR) is 71.4 cm³/mol. The van der Waals surface area contributed by atoms with E-state index in [2.05, 4.69) is 5.32 Å². The van der Waals surface area contributed by atoms with Gasteiger partial charge in [-0.15, -0.1) is 0 Å². The Kier molecular flexibility index (Phi) is 4.78. The predicted octanol–water partition coefficient (Wildman–Crippen LogP) is 1.11. The van der Waals surface area contributed by atoms with Crippen molar-refractivity contribution in [2.24, 2.45) is 5.92 Å². The molecule has 2 atom stereocenters. The van der Waals surface area contributed by atoms with Crippen LogP contribution in [-0.2, 0) is 10.3 Å². The third-order valence-corrected chi connectivity index (χ3v) is 3.58. The van der Waals surface area contributed by atoms with Crippen molar-refractivity contribution in [3.63, 3.8) is 0 Å². The van der Waals surface area contributed by atoms with Crippen molar-refractivity contribution in [1.82, 2.24) is 5.32 Å². The third-order valence-electron chi connectivity index (χ3n) is 3.12. The lowest BCUT2D eigenvalue weighted by Gasteiger charge is -2.22. The fraction of sp³-hybridized carbons (Fsp3) is 0.462. The first-order valence-electron chi connectivity index (χ1n) is 6.09. The summed E-state index contributed by atoms with van der Waals surface area (Å²) in [5, 5.41) is 4.56. The molecule has 0 aliphatic carbocycles. The number of rotatable bonds is 5. The number of ether oxygens (including phenoxy) is 1. The Labute approximate surface area is 109 Å². The molecule has 1 aliphatic heterocycles. The first kappa shape index (κ1) is 13.1. The Morgan fingerprint density at radius 2 is 2.17 bits per heavy atom. The maximum Gasteiger partial charge on any atom is 0.210 e. The van der Waals surface area contributed by atoms with Gasteiger partial charge in [0.2, 0.25) is 10.3 Å². The summed E-state index contributed by atoms with van der Waals surface area (Å²) in [6.07, 6.45) is 1.37. The Morgan fingerprint density at radius 3 is 2.78 bits per heavy atom. The van der Waals surface area contributed by atoms with Crippen LogP contribution in [0, 0.1) is 5.92 Å². The summed E-state index contributed by atoms with van der Waals surface area (Å²) in [5.41, 5.74) is 0. The molecule has 98 valence electrons. The van der Waals surface area contributed by atoms with Gasteiger partial charge in [0, 0.05) is 24.3 Å². The molecule has 1 fully saturated rings. The summed E-state index contributed by atoms with van der Waals surface area (Å²) >= 11 is 0. The number of nitrogens with one attached hydrogen (secondary N) is 1. The van der Waals surface area contributed by atoms with Crippen LogP contribution >= 0.6 is 0 Å². The van der Waals surface area contributed by atoms with Gasteiger partial charge in [-0.05, 0) is 25.1 Å². The molecule has 1 aliphatic rings. The van der Waals surface area contributed by atoms with E-state index in [1.807, 2.05) is 30.3 Å². The van der Waals surface area contributed by atoms with Crippen LogP contribution in [0.15, 0.2) is 30.3 Å². The van der Waals surface area contributed by atoms with E-state index in [9.17, 15) is 8.42 Å². The fourth-order valence-corrected chi connectivity index (χ4v) is 2.53. The van der Waals surface area contributed by atoms with E-state index in [1.165, 1.54) is 5.37 Å². The Morgan fingerprint density at radius 1 is 1.39 bits per heavy atom. The molecule has 0 saturated carbocycles. The van der Waals surface area contributed by atoms with Gasteiger partial charge in [0.25, 0.3) is 0 Å². The number of benzene rings is 1. The van der Waals surface area contributed by atoms with Gasteiger partial charge in [-0.1, -0.05) is 18.2 Å². The average molecular weight is 267 g/mol. The molecule has 18 heavy (non-hydrogen) atoms. The minimum absolute atomic E-state index is 0.0831. The molecule has 0 amide bonds. The van der Waals surface area contributed by atoms with Crippen molar-refractivity contribution in [2.75, 3.05) is 13.1 Å². The lowest BCUT2D eigenvalue weighted by Crippen LogP contribution is -2.29. The van der Waals surface area contributed by atoms with Crippen molar-refractivity contribution >= 4 is 15.7 Å². The van der Waals surface area contributed by atoms with Crippen LogP contribution in [0.25, 0.3) is 0 Å². The summed E-state index contributed by atoms with van der Waals surface area (Å²) in [5.74, 6) is 1.16. The van der Waals surface area contributed by atoms with Crippen LogP contribution in [0.4, 0.5) is 0 Å². The molecule has 4 nitrogen and oxygen atoms in total. The highest BCUT2D eigenvalue weighted by molar-refractivity contribution is 7.71. The average Bonchev–Trinajstić information content (AvgIpc) is 2.89. The standard InChI is InChI=1S/C13H17NO3S/c15-18(16)9-7-13(11-6-8-14-10-11)17-12-4-2-1-3-5-12/h1-5,9,11,13-14H,6-8,10H2. The summed E-state index contributed by atoms with van der Waals surface area (Å²) in [7, 11) is -2.12. The molecule has 5 heteroatoms. The van der Waals surface area contributed by atoms with E-state index < -0.39 is 10.3 Å². The fourth-order valence-electron chi connectivity index (χ4n) is 2.18. The Bertz CT molecular complexity index is 484. The van der Waals surface area contributed by atoms with Gasteiger partial charge in [0.15, 0.2) is 0 Å². The maximum absolute atomic E-state index is 10.6. The van der Waals surface area contributed by atoms with Crippen LogP contribution in [0.3, 0.4) is 0 Å². The zero-order valence-corrected chi connectivity index (χ0v) is 10.9. The molecule has 0 radical (unpaired) electrons. The molecule has 0 bridgehead atoms. The van der Waals surface area contributed by atoms with Gasteiger partial charge in [0.05, 0.1) is 0 Å². The quantitative estimate of drug-likeness (QED) is 0.812. The molecule has 1 heterocycles. The molecule has 2 rings (SSSR count). The SMILES string of the molecule is O=S(=O)=CCC(Oc1ccccc1)C1CCNC1. The van der Waals surface area contributed by atoms with Gasteiger partial charge >= 0.3 is 0 Å². The van der Waals surface area contributed by atoms with E-state index in [1.54, 1.807) is 0 Å². The molecule has 1 aromatic carbocycles. The molecular weight excluding hydrogens is 250 g/mol. The van der Waals surface area contributed by atoms with Crippen molar-refractivity contribution in [1.29, 1.82) is 0 Å². The van der Waals surface area contributed by atoms with Crippen molar-refractivity contribution in [2.45, 2.75) is 18.9 Å². The Balaban J connectivity index is 2.06. The van der Waals surface area contributed by atoms with E-state index in [4.69, 9.17) is 4.74 Å². The molecule has 1 saturated heterocycles. The van der Waals surface area contributed by atoms with Crippen LogP contribution in [-0.4, -0.2) is 33.0 Å². The summed E-state index contributed by atoms with van der Waals surface area (Å²) in [6.45, 7) is 1.86. The zero-order valence-electron chi connectivity index (χ0n) is 10.1. The lowest BCUT2D eigenvalue weighted by molar-refractivity contribution is 0.151. The van der Waals surface area contributed by atoms with E-state index in [0.717, 1.165) is 25.3 Å². The van der Waals surface area contributed by atoms with E-state index in [-0.39, 0.29) is 6.10 Å². The molecule has 0 spiro atoms. The van der Waals surface area contributed by atoms with Gasteiger partial charge in [-0.25, -0.2) is 0 Å². The minimum atomic E-state index is -2.12. The van der Waals surface area contributed by atoms with Crippen LogP contribution < -0.4 is 10.1 Å². The van der Waals surface area contributed by atoms with Crippen LogP contribution in [0.2, 0.25) is 0 Å². The topological polar surface area (TPSA) is 55.4 Å². The summed E-state index contributed by atoms with van der Waals surface area (Å²) in [6, 6.07) is 9.54. The number of hydrogen-bond donors (Lipinski definition) is 1.